The van der Waals surface area contributed by atoms with Gasteiger partial charge in [-0.2, -0.15) is 0 Å². The fourth-order valence-corrected chi connectivity index (χ4v) is 2.77. The zero-order valence-electron chi connectivity index (χ0n) is 12.3. The molecule has 2 aromatic rings. The van der Waals surface area contributed by atoms with Crippen molar-refractivity contribution >= 4 is 22.2 Å². The van der Waals surface area contributed by atoms with Gasteiger partial charge in [-0.3, -0.25) is 14.0 Å². The molecule has 0 bridgehead atoms. The van der Waals surface area contributed by atoms with Crippen molar-refractivity contribution in [2.24, 2.45) is 5.92 Å². The molecule has 2 atom stereocenters. The molecule has 7 heteroatoms. The molecule has 2 N–H and O–H groups in total. The summed E-state index contributed by atoms with van der Waals surface area (Å²) in [7, 11) is 0. The van der Waals surface area contributed by atoms with Gasteiger partial charge in [-0.25, -0.2) is 4.98 Å². The number of aliphatic hydroxyl groups is 1. The van der Waals surface area contributed by atoms with Crippen LogP contribution in [0.5, 0.6) is 0 Å². The van der Waals surface area contributed by atoms with E-state index in [0.29, 0.717) is 4.96 Å². The minimum absolute atomic E-state index is 0.00893. The SMILES string of the molecule is CCC(C)C(O)CNC(=O)c1cnc2scc(C)n2c1=O. The van der Waals surface area contributed by atoms with Crippen LogP contribution in [0.4, 0.5) is 0 Å². The molecule has 1 amide bonds. The summed E-state index contributed by atoms with van der Waals surface area (Å²) in [5.41, 5.74) is 0.362. The third-order valence-electron chi connectivity index (χ3n) is 3.63. The third-order valence-corrected chi connectivity index (χ3v) is 4.59. The van der Waals surface area contributed by atoms with E-state index >= 15 is 0 Å². The molecule has 2 heterocycles. The monoisotopic (exact) mass is 309 g/mol. The average molecular weight is 309 g/mol. The van der Waals surface area contributed by atoms with Crippen LogP contribution in [0.15, 0.2) is 16.4 Å². The topological polar surface area (TPSA) is 83.7 Å². The molecule has 0 aromatic carbocycles. The molecule has 2 rings (SSSR count). The highest BCUT2D eigenvalue weighted by atomic mass is 32.1. The smallest absolute Gasteiger partial charge is 0.271 e. The van der Waals surface area contributed by atoms with E-state index in [-0.39, 0.29) is 23.6 Å². The lowest BCUT2D eigenvalue weighted by Gasteiger charge is -2.17. The van der Waals surface area contributed by atoms with Crippen LogP contribution in [-0.2, 0) is 0 Å². The first-order valence-electron chi connectivity index (χ1n) is 6.87. The van der Waals surface area contributed by atoms with E-state index in [9.17, 15) is 14.7 Å². The number of aryl methyl sites for hydroxylation is 1. The predicted molar refractivity (Wildman–Crippen MR) is 81.9 cm³/mol. The van der Waals surface area contributed by atoms with Gasteiger partial charge in [-0.05, 0) is 12.8 Å². The van der Waals surface area contributed by atoms with Gasteiger partial charge < -0.3 is 10.4 Å². The molecule has 6 nitrogen and oxygen atoms in total. The second kappa shape index (κ2) is 6.36. The first-order valence-corrected chi connectivity index (χ1v) is 7.75. The van der Waals surface area contributed by atoms with Crippen LogP contribution in [0.3, 0.4) is 0 Å². The van der Waals surface area contributed by atoms with Gasteiger partial charge >= 0.3 is 0 Å². The summed E-state index contributed by atoms with van der Waals surface area (Å²) in [5.74, 6) is -0.416. The molecule has 0 radical (unpaired) electrons. The molecule has 114 valence electrons. The minimum Gasteiger partial charge on any atom is -0.391 e. The Balaban J connectivity index is 2.18. The van der Waals surface area contributed by atoms with Gasteiger partial charge in [0.1, 0.15) is 5.56 Å². The molecular weight excluding hydrogens is 290 g/mol. The first-order chi connectivity index (χ1) is 9.95. The van der Waals surface area contributed by atoms with E-state index in [1.165, 1.54) is 21.9 Å². The molecule has 2 aromatic heterocycles. The summed E-state index contributed by atoms with van der Waals surface area (Å²) in [4.78, 5) is 29.1. The Morgan fingerprint density at radius 3 is 2.95 bits per heavy atom. The van der Waals surface area contributed by atoms with Crippen molar-refractivity contribution in [2.45, 2.75) is 33.3 Å². The first kappa shape index (κ1) is 15.7. The summed E-state index contributed by atoms with van der Waals surface area (Å²) in [5, 5.41) is 14.3. The maximum Gasteiger partial charge on any atom is 0.271 e. The number of nitrogens with one attached hydrogen (secondary N) is 1. The largest absolute Gasteiger partial charge is 0.391 e. The van der Waals surface area contributed by atoms with Crippen molar-refractivity contribution < 1.29 is 9.90 Å². The van der Waals surface area contributed by atoms with Gasteiger partial charge in [0.15, 0.2) is 4.96 Å². The maximum atomic E-state index is 12.3. The van der Waals surface area contributed by atoms with Crippen LogP contribution in [0.2, 0.25) is 0 Å². The average Bonchev–Trinajstić information content (AvgIpc) is 2.86. The number of fused-ring (bicyclic) bond motifs is 1. The van der Waals surface area contributed by atoms with Gasteiger partial charge in [0, 0.05) is 23.8 Å². The van der Waals surface area contributed by atoms with Crippen LogP contribution >= 0.6 is 11.3 Å². The molecule has 0 saturated carbocycles. The second-order valence-corrected chi connectivity index (χ2v) is 5.97. The standard InChI is InChI=1S/C14H19N3O3S/c1-4-8(2)11(18)6-15-12(19)10-5-16-14-17(13(10)20)9(3)7-21-14/h5,7-8,11,18H,4,6H2,1-3H3,(H,15,19). The normalized spacial score (nSPS) is 14.1. The summed E-state index contributed by atoms with van der Waals surface area (Å²) >= 11 is 1.35. The second-order valence-electron chi connectivity index (χ2n) is 5.13. The van der Waals surface area contributed by atoms with E-state index in [4.69, 9.17) is 0 Å². The predicted octanol–water partition coefficient (Wildman–Crippen LogP) is 1.20. The van der Waals surface area contributed by atoms with Crippen molar-refractivity contribution in [3.63, 3.8) is 0 Å². The van der Waals surface area contributed by atoms with Crippen LogP contribution in [0.1, 0.15) is 36.3 Å². The van der Waals surface area contributed by atoms with Gasteiger partial charge in [0.25, 0.3) is 11.5 Å². The molecule has 0 aliphatic rings. The highest BCUT2D eigenvalue weighted by molar-refractivity contribution is 7.15. The molecule has 0 fully saturated rings. The Kier molecular flexibility index (Phi) is 4.74. The van der Waals surface area contributed by atoms with Gasteiger partial charge in [-0.15, -0.1) is 11.3 Å². The van der Waals surface area contributed by atoms with Crippen LogP contribution < -0.4 is 10.9 Å². The van der Waals surface area contributed by atoms with Crippen LogP contribution in [0, 0.1) is 12.8 Å². The third kappa shape index (κ3) is 3.14. The number of carbonyl (C=O) groups excluding carboxylic acids is 1. The van der Waals surface area contributed by atoms with Crippen molar-refractivity contribution in [1.29, 1.82) is 0 Å². The van der Waals surface area contributed by atoms with Gasteiger partial charge in [0.05, 0.1) is 6.10 Å². The van der Waals surface area contributed by atoms with Gasteiger partial charge in [0.2, 0.25) is 0 Å². The number of aromatic nitrogens is 2. The molecule has 2 unspecified atom stereocenters. The summed E-state index contributed by atoms with van der Waals surface area (Å²) in [6.45, 7) is 5.80. The maximum absolute atomic E-state index is 12.3. The summed E-state index contributed by atoms with van der Waals surface area (Å²) in [6.07, 6.45) is 1.49. The highest BCUT2D eigenvalue weighted by Gasteiger charge is 2.17. The molecule has 0 aliphatic heterocycles. The fourth-order valence-electron chi connectivity index (χ4n) is 1.95. The van der Waals surface area contributed by atoms with E-state index < -0.39 is 12.0 Å². The number of hydrogen-bond donors (Lipinski definition) is 2. The lowest BCUT2D eigenvalue weighted by molar-refractivity contribution is 0.0848. The molecule has 0 saturated heterocycles. The lowest BCUT2D eigenvalue weighted by Crippen LogP contribution is -2.38. The molecule has 0 spiro atoms. The zero-order valence-corrected chi connectivity index (χ0v) is 13.1. The lowest BCUT2D eigenvalue weighted by atomic mass is 10.0. The summed E-state index contributed by atoms with van der Waals surface area (Å²) in [6, 6.07) is 0. The molecule has 21 heavy (non-hydrogen) atoms. The van der Waals surface area contributed by atoms with E-state index in [2.05, 4.69) is 10.3 Å². The molecular formula is C14H19N3O3S. The zero-order chi connectivity index (χ0) is 15.6. The van der Waals surface area contributed by atoms with E-state index in [0.717, 1.165) is 12.1 Å². The van der Waals surface area contributed by atoms with Crippen LogP contribution in [0.25, 0.3) is 4.96 Å². The van der Waals surface area contributed by atoms with Crippen LogP contribution in [-0.4, -0.2) is 33.0 Å². The minimum atomic E-state index is -0.624. The number of thiazole rings is 1. The number of amides is 1. The Bertz CT molecular complexity index is 707. The van der Waals surface area contributed by atoms with Crippen molar-refractivity contribution in [2.75, 3.05) is 6.54 Å². The number of carbonyl (C=O) groups is 1. The summed E-state index contributed by atoms with van der Waals surface area (Å²) < 4.78 is 1.42. The Morgan fingerprint density at radius 1 is 1.57 bits per heavy atom. The Labute approximate surface area is 126 Å². The number of rotatable bonds is 5. The number of hydrogen-bond acceptors (Lipinski definition) is 5. The van der Waals surface area contributed by atoms with Crippen molar-refractivity contribution in [3.8, 4) is 0 Å². The van der Waals surface area contributed by atoms with Crippen molar-refractivity contribution in [3.05, 3.63) is 33.2 Å². The van der Waals surface area contributed by atoms with E-state index in [1.807, 2.05) is 19.2 Å². The van der Waals surface area contributed by atoms with E-state index in [1.54, 1.807) is 6.92 Å². The molecule has 0 aliphatic carbocycles. The quantitative estimate of drug-likeness (QED) is 0.869. The Hall–Kier alpha value is -1.73. The fraction of sp³-hybridized carbons (Fsp3) is 0.500. The van der Waals surface area contributed by atoms with Crippen molar-refractivity contribution in [1.82, 2.24) is 14.7 Å². The number of nitrogens with zero attached hydrogens (tertiary/aromatic N) is 2. The Morgan fingerprint density at radius 2 is 2.29 bits per heavy atom. The highest BCUT2D eigenvalue weighted by Crippen LogP contribution is 2.11. The van der Waals surface area contributed by atoms with Gasteiger partial charge in [-0.1, -0.05) is 20.3 Å². The number of aliphatic hydroxyl groups excluding tert-OH is 1.